The maximum Gasteiger partial charge on any atom is 0.326 e. The molecule has 0 unspecified atom stereocenters. The zero-order valence-corrected chi connectivity index (χ0v) is 26.0. The third kappa shape index (κ3) is 9.54. The fourth-order valence-electron chi connectivity index (χ4n) is 5.31. The van der Waals surface area contributed by atoms with Gasteiger partial charge in [0.25, 0.3) is 0 Å². The molecule has 4 aromatic rings. The van der Waals surface area contributed by atoms with E-state index in [4.69, 9.17) is 4.74 Å². The van der Waals surface area contributed by atoms with Gasteiger partial charge in [0.1, 0.15) is 11.8 Å². The third-order valence-electron chi connectivity index (χ3n) is 7.90. The summed E-state index contributed by atoms with van der Waals surface area (Å²) in [6, 6.07) is 32.4. The number of nitrogens with one attached hydrogen (secondary N) is 1. The lowest BCUT2D eigenvalue weighted by molar-refractivity contribution is -0.138. The summed E-state index contributed by atoms with van der Waals surface area (Å²) in [7, 11) is 0. The van der Waals surface area contributed by atoms with Crippen LogP contribution in [-0.2, 0) is 22.6 Å². The molecule has 4 aromatic carbocycles. The molecule has 0 aliphatic heterocycles. The van der Waals surface area contributed by atoms with Crippen molar-refractivity contribution in [3.8, 4) is 5.75 Å². The second-order valence-corrected chi connectivity index (χ2v) is 11.1. The summed E-state index contributed by atoms with van der Waals surface area (Å²) in [5.41, 5.74) is 3.36. The Bertz CT molecular complexity index is 1520. The van der Waals surface area contributed by atoms with Crippen molar-refractivity contribution in [2.24, 2.45) is 5.92 Å². The van der Waals surface area contributed by atoms with Gasteiger partial charge in [0.05, 0.1) is 6.61 Å². The summed E-state index contributed by atoms with van der Waals surface area (Å²) in [5.74, 6) is -0.308. The standard InChI is InChI=1S/C38H42N2O5/c1-3-30(4-2)37(42)40(27-29-14-7-5-8-15-29)24-13-25-45-32-22-20-28(21-23-32)26-35(38(43)44)39-34-19-12-11-18-33(34)36(41)31-16-9-6-10-17-31/h5-12,14-23,30,35,39H,3-4,13,24-27H2,1-2H3,(H,43,44)/t35-/m0/s1. The smallest absolute Gasteiger partial charge is 0.326 e. The van der Waals surface area contributed by atoms with E-state index in [1.54, 1.807) is 48.5 Å². The number of anilines is 1. The van der Waals surface area contributed by atoms with E-state index in [9.17, 15) is 19.5 Å². The van der Waals surface area contributed by atoms with E-state index < -0.39 is 12.0 Å². The van der Waals surface area contributed by atoms with E-state index in [0.29, 0.717) is 48.7 Å². The zero-order valence-electron chi connectivity index (χ0n) is 26.0. The van der Waals surface area contributed by atoms with Gasteiger partial charge < -0.3 is 20.1 Å². The van der Waals surface area contributed by atoms with E-state index in [1.165, 1.54) is 0 Å². The first-order chi connectivity index (χ1) is 21.9. The third-order valence-corrected chi connectivity index (χ3v) is 7.90. The van der Waals surface area contributed by atoms with Gasteiger partial charge in [-0.2, -0.15) is 0 Å². The molecule has 0 saturated heterocycles. The molecule has 0 aliphatic carbocycles. The van der Waals surface area contributed by atoms with E-state index in [2.05, 4.69) is 19.2 Å². The van der Waals surface area contributed by atoms with Gasteiger partial charge in [0.15, 0.2) is 5.78 Å². The largest absolute Gasteiger partial charge is 0.494 e. The van der Waals surface area contributed by atoms with Crippen molar-refractivity contribution >= 4 is 23.3 Å². The molecular formula is C38H42N2O5. The van der Waals surface area contributed by atoms with Crippen molar-refractivity contribution < 1.29 is 24.2 Å². The second kappa shape index (κ2) is 16.8. The molecule has 7 nitrogen and oxygen atoms in total. The van der Waals surface area contributed by atoms with Gasteiger partial charge in [-0.05, 0) is 54.7 Å². The number of nitrogens with zero attached hydrogens (tertiary/aromatic N) is 1. The Morgan fingerprint density at radius 3 is 2.04 bits per heavy atom. The molecule has 4 rings (SSSR count). The number of ether oxygens (including phenoxy) is 1. The molecule has 0 saturated carbocycles. The molecule has 0 heterocycles. The molecule has 1 atom stereocenters. The number of hydrogen-bond acceptors (Lipinski definition) is 5. The first-order valence-electron chi connectivity index (χ1n) is 15.6. The van der Waals surface area contributed by atoms with Crippen LogP contribution in [0.1, 0.15) is 60.2 Å². The highest BCUT2D eigenvalue weighted by Crippen LogP contribution is 2.22. The van der Waals surface area contributed by atoms with E-state index in [0.717, 1.165) is 24.0 Å². The van der Waals surface area contributed by atoms with Gasteiger partial charge in [-0.1, -0.05) is 98.8 Å². The Kier molecular flexibility index (Phi) is 12.3. The summed E-state index contributed by atoms with van der Waals surface area (Å²) < 4.78 is 5.98. The van der Waals surface area contributed by atoms with Crippen LogP contribution in [0.3, 0.4) is 0 Å². The first kappa shape index (κ1) is 33.0. The van der Waals surface area contributed by atoms with Gasteiger partial charge in [0.2, 0.25) is 5.91 Å². The predicted molar refractivity (Wildman–Crippen MR) is 178 cm³/mol. The minimum absolute atomic E-state index is 0.0177. The lowest BCUT2D eigenvalue weighted by Crippen LogP contribution is -2.36. The fourth-order valence-corrected chi connectivity index (χ4v) is 5.31. The number of hydrogen-bond donors (Lipinski definition) is 2. The Labute approximate surface area is 265 Å². The van der Waals surface area contributed by atoms with Crippen LogP contribution in [0, 0.1) is 5.92 Å². The Morgan fingerprint density at radius 2 is 1.40 bits per heavy atom. The highest BCUT2D eigenvalue weighted by molar-refractivity contribution is 6.12. The number of aliphatic carboxylic acids is 1. The zero-order chi connectivity index (χ0) is 32.0. The fraction of sp³-hybridized carbons (Fsp3) is 0.289. The molecule has 0 radical (unpaired) electrons. The number of amides is 1. The topological polar surface area (TPSA) is 95.9 Å². The SMILES string of the molecule is CCC(CC)C(=O)N(CCCOc1ccc(C[C@H](Nc2ccccc2C(=O)c2ccccc2)C(=O)O)cc1)Cc1ccccc1. The molecular weight excluding hydrogens is 564 g/mol. The summed E-state index contributed by atoms with van der Waals surface area (Å²) in [6.07, 6.45) is 2.54. The molecule has 0 aliphatic rings. The lowest BCUT2D eigenvalue weighted by Gasteiger charge is -2.27. The van der Waals surface area contributed by atoms with Crippen LogP contribution in [0.2, 0.25) is 0 Å². The van der Waals surface area contributed by atoms with Gasteiger partial charge in [0, 0.05) is 42.2 Å². The van der Waals surface area contributed by atoms with E-state index in [1.807, 2.05) is 65.6 Å². The minimum atomic E-state index is -1.01. The molecule has 0 bridgehead atoms. The highest BCUT2D eigenvalue weighted by atomic mass is 16.5. The molecule has 0 fully saturated rings. The molecule has 7 heteroatoms. The van der Waals surface area contributed by atoms with Crippen molar-refractivity contribution in [1.29, 1.82) is 0 Å². The number of carboxylic acids is 1. The number of rotatable bonds is 17. The summed E-state index contributed by atoms with van der Waals surface area (Å²) >= 11 is 0. The second-order valence-electron chi connectivity index (χ2n) is 11.1. The van der Waals surface area contributed by atoms with Crippen LogP contribution in [-0.4, -0.2) is 46.9 Å². The number of para-hydroxylation sites is 1. The highest BCUT2D eigenvalue weighted by Gasteiger charge is 2.23. The minimum Gasteiger partial charge on any atom is -0.494 e. The normalized spacial score (nSPS) is 11.5. The quantitative estimate of drug-likeness (QED) is 0.0970. The Balaban J connectivity index is 1.33. The molecule has 0 aromatic heterocycles. The monoisotopic (exact) mass is 606 g/mol. The van der Waals surface area contributed by atoms with E-state index in [-0.39, 0.29) is 24.0 Å². The Hall–Kier alpha value is -4.91. The van der Waals surface area contributed by atoms with E-state index >= 15 is 0 Å². The van der Waals surface area contributed by atoms with Gasteiger partial charge in [-0.3, -0.25) is 9.59 Å². The average molecular weight is 607 g/mol. The maximum atomic E-state index is 13.2. The van der Waals surface area contributed by atoms with Crippen LogP contribution >= 0.6 is 0 Å². The summed E-state index contributed by atoms with van der Waals surface area (Å²) in [5, 5.41) is 13.1. The van der Waals surface area contributed by atoms with Crippen LogP contribution in [0.4, 0.5) is 5.69 Å². The number of carbonyl (C=O) groups excluding carboxylic acids is 2. The van der Waals surface area contributed by atoms with Crippen molar-refractivity contribution in [3.63, 3.8) is 0 Å². The maximum absolute atomic E-state index is 13.2. The van der Waals surface area contributed by atoms with Gasteiger partial charge in [-0.15, -0.1) is 0 Å². The van der Waals surface area contributed by atoms with Crippen molar-refractivity contribution in [3.05, 3.63) is 131 Å². The van der Waals surface area contributed by atoms with Crippen LogP contribution in [0.25, 0.3) is 0 Å². The molecule has 0 spiro atoms. The van der Waals surface area contributed by atoms with Crippen LogP contribution in [0.15, 0.2) is 109 Å². The van der Waals surface area contributed by atoms with Crippen molar-refractivity contribution in [1.82, 2.24) is 4.90 Å². The van der Waals surface area contributed by atoms with Crippen molar-refractivity contribution in [2.75, 3.05) is 18.5 Å². The first-order valence-corrected chi connectivity index (χ1v) is 15.6. The van der Waals surface area contributed by atoms with Crippen LogP contribution in [0.5, 0.6) is 5.75 Å². The number of carbonyl (C=O) groups is 3. The van der Waals surface area contributed by atoms with Gasteiger partial charge >= 0.3 is 5.97 Å². The van der Waals surface area contributed by atoms with Crippen LogP contribution < -0.4 is 10.1 Å². The molecule has 2 N–H and O–H groups in total. The molecule has 234 valence electrons. The number of ketones is 1. The number of benzene rings is 4. The predicted octanol–water partition coefficient (Wildman–Crippen LogP) is 7.26. The van der Waals surface area contributed by atoms with Crippen molar-refractivity contribution in [2.45, 2.75) is 52.1 Å². The average Bonchev–Trinajstić information content (AvgIpc) is 3.07. The number of carboxylic acid groups (broad SMARTS) is 1. The van der Waals surface area contributed by atoms with Gasteiger partial charge in [-0.25, -0.2) is 4.79 Å². The summed E-state index contributed by atoms with van der Waals surface area (Å²) in [4.78, 5) is 40.4. The molecule has 1 amide bonds. The lowest BCUT2D eigenvalue weighted by atomic mass is 10.00. The summed E-state index contributed by atoms with van der Waals surface area (Å²) in [6.45, 7) is 5.74. The Morgan fingerprint density at radius 1 is 0.778 bits per heavy atom. The molecule has 45 heavy (non-hydrogen) atoms.